The van der Waals surface area contributed by atoms with Crippen molar-refractivity contribution in [2.75, 3.05) is 6.61 Å². The average Bonchev–Trinajstić information content (AvgIpc) is 2.73. The van der Waals surface area contributed by atoms with Crippen molar-refractivity contribution >= 4 is 5.97 Å². The van der Waals surface area contributed by atoms with Crippen molar-refractivity contribution in [3.8, 4) is 28.4 Å². The van der Waals surface area contributed by atoms with Gasteiger partial charge in [0, 0.05) is 17.3 Å². The first-order chi connectivity index (χ1) is 13.6. The molecule has 0 atom stereocenters. The van der Waals surface area contributed by atoms with Crippen LogP contribution >= 0.6 is 0 Å². The van der Waals surface area contributed by atoms with Gasteiger partial charge in [-0.25, -0.2) is 14.8 Å². The highest BCUT2D eigenvalue weighted by Crippen LogP contribution is 2.26. The zero-order chi connectivity index (χ0) is 19.9. The molecule has 28 heavy (non-hydrogen) atoms. The summed E-state index contributed by atoms with van der Waals surface area (Å²) in [4.78, 5) is 20.4. The van der Waals surface area contributed by atoms with Gasteiger partial charge in [-0.3, -0.25) is 0 Å². The molecule has 0 unspecified atom stereocenters. The molecule has 0 saturated carbocycles. The molecule has 0 saturated heterocycles. The normalized spacial score (nSPS) is 10.3. The predicted octanol–water partition coefficient (Wildman–Crippen LogP) is 4.80. The number of allylic oxidation sites excluding steroid dienone is 1. The molecule has 1 N–H and O–H groups in total. The van der Waals surface area contributed by atoms with E-state index in [9.17, 15) is 9.90 Å². The van der Waals surface area contributed by atoms with E-state index in [1.54, 1.807) is 6.08 Å². The Hall–Kier alpha value is -3.73. The van der Waals surface area contributed by atoms with Crippen LogP contribution in [-0.4, -0.2) is 27.7 Å². The smallest absolute Gasteiger partial charge is 0.339 e. The highest BCUT2D eigenvalue weighted by molar-refractivity contribution is 5.94. The fourth-order valence-electron chi connectivity index (χ4n) is 2.72. The molecule has 5 nitrogen and oxygen atoms in total. The van der Waals surface area contributed by atoms with E-state index in [0.29, 0.717) is 23.9 Å². The number of rotatable bonds is 8. The highest BCUT2D eigenvalue weighted by Gasteiger charge is 2.16. The van der Waals surface area contributed by atoms with Gasteiger partial charge in [0.25, 0.3) is 0 Å². The molecule has 0 aliphatic heterocycles. The van der Waals surface area contributed by atoms with Crippen LogP contribution in [0.25, 0.3) is 22.6 Å². The average molecular weight is 372 g/mol. The van der Waals surface area contributed by atoms with Gasteiger partial charge in [0.15, 0.2) is 5.82 Å². The van der Waals surface area contributed by atoms with E-state index in [2.05, 4.69) is 23.1 Å². The van der Waals surface area contributed by atoms with Crippen LogP contribution in [0.3, 0.4) is 0 Å². The van der Waals surface area contributed by atoms with Gasteiger partial charge in [-0.15, -0.1) is 6.58 Å². The molecule has 5 heteroatoms. The highest BCUT2D eigenvalue weighted by atomic mass is 16.5. The Morgan fingerprint density at radius 3 is 2.29 bits per heavy atom. The molecule has 1 heterocycles. The Labute approximate surface area is 163 Å². The minimum absolute atomic E-state index is 0.0613. The van der Waals surface area contributed by atoms with Crippen molar-refractivity contribution < 1.29 is 14.6 Å². The number of aromatic nitrogens is 2. The number of nitrogens with zero attached hydrogens (tertiary/aromatic N) is 2. The molecular formula is C23H20N2O3. The number of aromatic carboxylic acids is 1. The predicted molar refractivity (Wildman–Crippen MR) is 109 cm³/mol. The molecule has 3 aromatic rings. The van der Waals surface area contributed by atoms with E-state index in [1.807, 2.05) is 54.6 Å². The molecule has 0 aliphatic rings. The molecule has 140 valence electrons. The molecule has 0 aliphatic carbocycles. The zero-order valence-corrected chi connectivity index (χ0v) is 15.3. The van der Waals surface area contributed by atoms with E-state index in [4.69, 9.17) is 4.74 Å². The Bertz CT molecular complexity index is 993. The van der Waals surface area contributed by atoms with Crippen LogP contribution in [0.15, 0.2) is 80.0 Å². The first-order valence-corrected chi connectivity index (χ1v) is 8.77. The number of benzene rings is 2. The minimum Gasteiger partial charge on any atom is -0.490 e. The van der Waals surface area contributed by atoms with Gasteiger partial charge >= 0.3 is 5.97 Å². The molecule has 0 fully saturated rings. The van der Waals surface area contributed by atoms with Crippen molar-refractivity contribution in [3.05, 3.63) is 91.2 Å². The van der Waals surface area contributed by atoms with Crippen LogP contribution in [0.4, 0.5) is 0 Å². The molecule has 0 radical (unpaired) electrons. The van der Waals surface area contributed by atoms with Crippen LogP contribution in [-0.2, 0) is 6.42 Å². The van der Waals surface area contributed by atoms with Crippen LogP contribution in [0.1, 0.15) is 15.9 Å². The molecule has 0 spiro atoms. The first-order valence-electron chi connectivity index (χ1n) is 8.77. The Balaban J connectivity index is 1.98. The second kappa shape index (κ2) is 8.77. The standard InChI is InChI=1S/C23H20N2O3/c1-3-5-16-6-8-17(9-7-16)21-20(23(26)27)15-24-22(25-21)18-10-12-19(13-11-18)28-14-4-2/h3-4,6-13,15H,1-2,5,14H2,(H,26,27). The van der Waals surface area contributed by atoms with Gasteiger partial charge in [0.1, 0.15) is 17.9 Å². The summed E-state index contributed by atoms with van der Waals surface area (Å²) in [7, 11) is 0. The molecule has 1 aromatic heterocycles. The fraction of sp³-hybridized carbons (Fsp3) is 0.0870. The van der Waals surface area contributed by atoms with Crippen molar-refractivity contribution in [2.45, 2.75) is 6.42 Å². The van der Waals surface area contributed by atoms with E-state index in [-0.39, 0.29) is 5.56 Å². The second-order valence-corrected chi connectivity index (χ2v) is 6.07. The lowest BCUT2D eigenvalue weighted by atomic mass is 10.0. The molecule has 0 bridgehead atoms. The van der Waals surface area contributed by atoms with Crippen LogP contribution in [0.2, 0.25) is 0 Å². The SMILES string of the molecule is C=CCOc1ccc(-c2ncc(C(=O)O)c(-c3ccc(CC=C)cc3)n2)cc1. The quantitative estimate of drug-likeness (QED) is 0.575. The van der Waals surface area contributed by atoms with Gasteiger partial charge < -0.3 is 9.84 Å². The number of hydrogen-bond donors (Lipinski definition) is 1. The monoisotopic (exact) mass is 372 g/mol. The van der Waals surface area contributed by atoms with E-state index in [1.165, 1.54) is 6.20 Å². The second-order valence-electron chi connectivity index (χ2n) is 6.07. The summed E-state index contributed by atoms with van der Waals surface area (Å²) in [6, 6.07) is 14.9. The van der Waals surface area contributed by atoms with E-state index >= 15 is 0 Å². The van der Waals surface area contributed by atoms with Crippen molar-refractivity contribution in [1.82, 2.24) is 9.97 Å². The third-order valence-corrected chi connectivity index (χ3v) is 4.11. The largest absolute Gasteiger partial charge is 0.490 e. The molecule has 0 amide bonds. The minimum atomic E-state index is -1.06. The number of hydrogen-bond acceptors (Lipinski definition) is 4. The van der Waals surface area contributed by atoms with E-state index < -0.39 is 5.97 Å². The Kier molecular flexibility index (Phi) is 5.97. The Morgan fingerprint density at radius 2 is 1.68 bits per heavy atom. The molecule has 3 rings (SSSR count). The first kappa shape index (κ1) is 19.0. The fourth-order valence-corrected chi connectivity index (χ4v) is 2.72. The topological polar surface area (TPSA) is 72.3 Å². The summed E-state index contributed by atoms with van der Waals surface area (Å²) < 4.78 is 5.48. The summed E-state index contributed by atoms with van der Waals surface area (Å²) in [6.07, 6.45) is 5.60. The van der Waals surface area contributed by atoms with E-state index in [0.717, 1.165) is 23.1 Å². The zero-order valence-electron chi connectivity index (χ0n) is 15.3. The van der Waals surface area contributed by atoms with Gasteiger partial charge in [0.05, 0.1) is 5.69 Å². The molecule has 2 aromatic carbocycles. The number of ether oxygens (including phenoxy) is 1. The maximum Gasteiger partial charge on any atom is 0.339 e. The summed E-state index contributed by atoms with van der Waals surface area (Å²) in [5.41, 5.74) is 3.04. The summed E-state index contributed by atoms with van der Waals surface area (Å²) in [5.74, 6) is 0.0965. The summed E-state index contributed by atoms with van der Waals surface area (Å²) in [5, 5.41) is 9.53. The number of carbonyl (C=O) groups is 1. The number of carboxylic acid groups (broad SMARTS) is 1. The lowest BCUT2D eigenvalue weighted by molar-refractivity contribution is 0.0697. The van der Waals surface area contributed by atoms with Crippen molar-refractivity contribution in [1.29, 1.82) is 0 Å². The lowest BCUT2D eigenvalue weighted by Crippen LogP contribution is -2.04. The third-order valence-electron chi connectivity index (χ3n) is 4.11. The lowest BCUT2D eigenvalue weighted by Gasteiger charge is -2.09. The Morgan fingerprint density at radius 1 is 1.00 bits per heavy atom. The van der Waals surface area contributed by atoms with Crippen LogP contribution in [0, 0.1) is 0 Å². The van der Waals surface area contributed by atoms with Gasteiger partial charge in [-0.2, -0.15) is 0 Å². The maximum absolute atomic E-state index is 11.6. The third kappa shape index (κ3) is 4.32. The molecular weight excluding hydrogens is 352 g/mol. The van der Waals surface area contributed by atoms with Gasteiger partial charge in [-0.1, -0.05) is 43.0 Å². The maximum atomic E-state index is 11.6. The van der Waals surface area contributed by atoms with Gasteiger partial charge in [0.2, 0.25) is 0 Å². The van der Waals surface area contributed by atoms with Crippen LogP contribution < -0.4 is 4.74 Å². The van der Waals surface area contributed by atoms with Crippen molar-refractivity contribution in [2.24, 2.45) is 0 Å². The number of carboxylic acids is 1. The summed E-state index contributed by atoms with van der Waals surface area (Å²) in [6.45, 7) is 7.77. The van der Waals surface area contributed by atoms with Crippen molar-refractivity contribution in [3.63, 3.8) is 0 Å². The van der Waals surface area contributed by atoms with Crippen LogP contribution in [0.5, 0.6) is 5.75 Å². The summed E-state index contributed by atoms with van der Waals surface area (Å²) >= 11 is 0. The van der Waals surface area contributed by atoms with Gasteiger partial charge in [-0.05, 0) is 36.2 Å².